The quantitative estimate of drug-likeness (QED) is 0.216. The molecular formula is C19H34IN3O2. The van der Waals surface area contributed by atoms with Crippen LogP contribution in [0.5, 0.6) is 0 Å². The molecule has 0 radical (unpaired) electrons. The van der Waals surface area contributed by atoms with Crippen LogP contribution >= 0.6 is 24.0 Å². The van der Waals surface area contributed by atoms with Crippen LogP contribution < -0.4 is 10.6 Å². The van der Waals surface area contributed by atoms with E-state index in [2.05, 4.69) is 34.7 Å². The molecule has 6 heteroatoms. The Labute approximate surface area is 170 Å². The fourth-order valence-electron chi connectivity index (χ4n) is 2.18. The molecule has 0 aliphatic rings. The third-order valence-electron chi connectivity index (χ3n) is 3.57. The van der Waals surface area contributed by atoms with E-state index in [4.69, 9.17) is 9.47 Å². The molecule has 0 aromatic heterocycles. The van der Waals surface area contributed by atoms with Crippen molar-refractivity contribution in [2.75, 3.05) is 40.0 Å². The van der Waals surface area contributed by atoms with E-state index in [1.165, 1.54) is 5.56 Å². The molecule has 0 amide bonds. The Morgan fingerprint density at radius 1 is 1.12 bits per heavy atom. The standard InChI is InChI=1S/C19H33N3O2.HI/c1-4-23-13-9-8-12-21-19(20-3)22-14-17(2)15-24-16-18-10-6-5-7-11-18;/h5-7,10-11,17H,4,8-9,12-16H2,1-3H3,(H2,20,21,22);1H. The van der Waals surface area contributed by atoms with Crippen LogP contribution in [0.3, 0.4) is 0 Å². The van der Waals surface area contributed by atoms with Gasteiger partial charge in [0, 0.05) is 33.4 Å². The van der Waals surface area contributed by atoms with Crippen molar-refractivity contribution >= 4 is 29.9 Å². The van der Waals surface area contributed by atoms with Crippen molar-refractivity contribution in [3.8, 4) is 0 Å². The molecule has 0 saturated carbocycles. The van der Waals surface area contributed by atoms with Gasteiger partial charge in [0.25, 0.3) is 0 Å². The molecule has 2 N–H and O–H groups in total. The van der Waals surface area contributed by atoms with Crippen LogP contribution in [0.15, 0.2) is 35.3 Å². The summed E-state index contributed by atoms with van der Waals surface area (Å²) in [4.78, 5) is 4.24. The fraction of sp³-hybridized carbons (Fsp3) is 0.632. The maximum Gasteiger partial charge on any atom is 0.190 e. The summed E-state index contributed by atoms with van der Waals surface area (Å²) in [5.41, 5.74) is 1.21. The summed E-state index contributed by atoms with van der Waals surface area (Å²) < 4.78 is 11.1. The predicted octanol–water partition coefficient (Wildman–Crippen LogP) is 3.44. The molecule has 0 heterocycles. The van der Waals surface area contributed by atoms with Gasteiger partial charge in [0.1, 0.15) is 0 Å². The van der Waals surface area contributed by atoms with E-state index in [-0.39, 0.29) is 24.0 Å². The monoisotopic (exact) mass is 463 g/mol. The molecule has 0 bridgehead atoms. The van der Waals surface area contributed by atoms with Crippen molar-refractivity contribution in [3.63, 3.8) is 0 Å². The third kappa shape index (κ3) is 13.1. The first-order valence-electron chi connectivity index (χ1n) is 8.90. The average Bonchev–Trinajstić information content (AvgIpc) is 2.61. The van der Waals surface area contributed by atoms with Gasteiger partial charge in [-0.05, 0) is 31.2 Å². The first-order valence-corrected chi connectivity index (χ1v) is 8.90. The highest BCUT2D eigenvalue weighted by atomic mass is 127. The lowest BCUT2D eigenvalue weighted by molar-refractivity contribution is 0.0931. The Morgan fingerprint density at radius 2 is 1.88 bits per heavy atom. The molecule has 0 saturated heterocycles. The number of nitrogens with one attached hydrogen (secondary N) is 2. The molecular weight excluding hydrogens is 429 g/mol. The van der Waals surface area contributed by atoms with E-state index in [0.717, 1.165) is 51.7 Å². The SMILES string of the molecule is CCOCCCCNC(=NC)NCC(C)COCc1ccccc1.I. The van der Waals surface area contributed by atoms with Crippen LogP contribution in [0.25, 0.3) is 0 Å². The maximum atomic E-state index is 5.77. The van der Waals surface area contributed by atoms with E-state index >= 15 is 0 Å². The number of ether oxygens (including phenoxy) is 2. The Bertz CT molecular complexity index is 444. The van der Waals surface area contributed by atoms with Crippen LogP contribution in [0, 0.1) is 5.92 Å². The van der Waals surface area contributed by atoms with Crippen LogP contribution in [0.1, 0.15) is 32.3 Å². The van der Waals surface area contributed by atoms with Crippen LogP contribution in [0.2, 0.25) is 0 Å². The van der Waals surface area contributed by atoms with Gasteiger partial charge in [-0.25, -0.2) is 0 Å². The normalized spacial score (nSPS) is 12.4. The number of guanidine groups is 1. The third-order valence-corrected chi connectivity index (χ3v) is 3.57. The van der Waals surface area contributed by atoms with Gasteiger partial charge in [0.05, 0.1) is 13.2 Å². The van der Waals surface area contributed by atoms with E-state index in [1.54, 1.807) is 7.05 Å². The molecule has 1 atom stereocenters. The molecule has 25 heavy (non-hydrogen) atoms. The van der Waals surface area contributed by atoms with E-state index in [0.29, 0.717) is 12.5 Å². The second-order valence-electron chi connectivity index (χ2n) is 5.89. The van der Waals surface area contributed by atoms with Gasteiger partial charge in [0.2, 0.25) is 0 Å². The molecule has 0 fully saturated rings. The summed E-state index contributed by atoms with van der Waals surface area (Å²) in [6.45, 7) is 8.97. The summed E-state index contributed by atoms with van der Waals surface area (Å²) in [5, 5.41) is 6.67. The number of halogens is 1. The number of unbranched alkanes of at least 4 members (excludes halogenated alkanes) is 1. The molecule has 1 unspecified atom stereocenters. The molecule has 5 nitrogen and oxygen atoms in total. The highest BCUT2D eigenvalue weighted by molar-refractivity contribution is 14.0. The Balaban J connectivity index is 0.00000576. The van der Waals surface area contributed by atoms with Gasteiger partial charge < -0.3 is 20.1 Å². The highest BCUT2D eigenvalue weighted by Gasteiger charge is 2.04. The van der Waals surface area contributed by atoms with Gasteiger partial charge in [0.15, 0.2) is 5.96 Å². The number of nitrogens with zero attached hydrogens (tertiary/aromatic N) is 1. The maximum absolute atomic E-state index is 5.77. The molecule has 1 aromatic carbocycles. The van der Waals surface area contributed by atoms with Crippen LogP contribution in [-0.4, -0.2) is 45.9 Å². The first kappa shape index (κ1) is 24.1. The molecule has 1 rings (SSSR count). The van der Waals surface area contributed by atoms with Crippen molar-refractivity contribution < 1.29 is 9.47 Å². The molecule has 0 aliphatic carbocycles. The Hall–Kier alpha value is -0.860. The zero-order chi connectivity index (χ0) is 17.5. The van der Waals surface area contributed by atoms with Crippen molar-refractivity contribution in [3.05, 3.63) is 35.9 Å². The smallest absolute Gasteiger partial charge is 0.190 e. The van der Waals surface area contributed by atoms with Gasteiger partial charge >= 0.3 is 0 Å². The summed E-state index contributed by atoms with van der Waals surface area (Å²) in [6, 6.07) is 10.3. The van der Waals surface area contributed by atoms with Gasteiger partial charge in [-0.2, -0.15) is 0 Å². The lowest BCUT2D eigenvalue weighted by Gasteiger charge is -2.16. The molecule has 144 valence electrons. The minimum Gasteiger partial charge on any atom is -0.382 e. The summed E-state index contributed by atoms with van der Waals surface area (Å²) in [6.07, 6.45) is 2.15. The predicted molar refractivity (Wildman–Crippen MR) is 116 cm³/mol. The summed E-state index contributed by atoms with van der Waals surface area (Å²) in [5.74, 6) is 1.27. The topological polar surface area (TPSA) is 54.9 Å². The average molecular weight is 463 g/mol. The van der Waals surface area contributed by atoms with E-state index < -0.39 is 0 Å². The molecule has 1 aromatic rings. The summed E-state index contributed by atoms with van der Waals surface area (Å²) >= 11 is 0. The zero-order valence-electron chi connectivity index (χ0n) is 15.8. The van der Waals surface area contributed by atoms with Crippen LogP contribution in [-0.2, 0) is 16.1 Å². The zero-order valence-corrected chi connectivity index (χ0v) is 18.1. The number of benzene rings is 1. The van der Waals surface area contributed by atoms with E-state index in [1.807, 2.05) is 25.1 Å². The van der Waals surface area contributed by atoms with Gasteiger partial charge in [-0.1, -0.05) is 37.3 Å². The number of rotatable bonds is 12. The van der Waals surface area contributed by atoms with Crippen molar-refractivity contribution in [2.45, 2.75) is 33.3 Å². The van der Waals surface area contributed by atoms with Gasteiger partial charge in [-0.3, -0.25) is 4.99 Å². The number of aliphatic imine (C=N–C) groups is 1. The molecule has 0 spiro atoms. The lowest BCUT2D eigenvalue weighted by Crippen LogP contribution is -2.40. The van der Waals surface area contributed by atoms with Crippen molar-refractivity contribution in [1.82, 2.24) is 10.6 Å². The summed E-state index contributed by atoms with van der Waals surface area (Å²) in [7, 11) is 1.80. The minimum atomic E-state index is 0. The van der Waals surface area contributed by atoms with E-state index in [9.17, 15) is 0 Å². The van der Waals surface area contributed by atoms with Crippen molar-refractivity contribution in [2.24, 2.45) is 10.9 Å². The van der Waals surface area contributed by atoms with Gasteiger partial charge in [-0.15, -0.1) is 24.0 Å². The van der Waals surface area contributed by atoms with Crippen molar-refractivity contribution in [1.29, 1.82) is 0 Å². The fourth-order valence-corrected chi connectivity index (χ4v) is 2.18. The number of hydrogen-bond donors (Lipinski definition) is 2. The largest absolute Gasteiger partial charge is 0.382 e. The second-order valence-corrected chi connectivity index (χ2v) is 5.89. The minimum absolute atomic E-state index is 0. The van der Waals surface area contributed by atoms with Crippen LogP contribution in [0.4, 0.5) is 0 Å². The highest BCUT2D eigenvalue weighted by Crippen LogP contribution is 2.02. The Kier molecular flexibility index (Phi) is 16.0. The lowest BCUT2D eigenvalue weighted by atomic mass is 10.2. The first-order chi connectivity index (χ1) is 11.8. The number of hydrogen-bond acceptors (Lipinski definition) is 3. The molecule has 0 aliphatic heterocycles. The second kappa shape index (κ2) is 16.6. The Morgan fingerprint density at radius 3 is 2.56 bits per heavy atom.